The van der Waals surface area contributed by atoms with E-state index in [2.05, 4.69) is 5.32 Å². The van der Waals surface area contributed by atoms with Gasteiger partial charge in [-0.1, -0.05) is 12.8 Å². The summed E-state index contributed by atoms with van der Waals surface area (Å²) >= 11 is 0. The maximum absolute atomic E-state index is 13.8. The van der Waals surface area contributed by atoms with Crippen molar-refractivity contribution in [2.45, 2.75) is 37.8 Å². The molecular weight excluding hydrogens is 251 g/mol. The van der Waals surface area contributed by atoms with Gasteiger partial charge in [-0.3, -0.25) is 10.1 Å². The highest BCUT2D eigenvalue weighted by Crippen LogP contribution is 2.27. The van der Waals surface area contributed by atoms with Gasteiger partial charge in [0.2, 0.25) is 0 Å². The summed E-state index contributed by atoms with van der Waals surface area (Å²) in [7, 11) is 1.65. The first-order valence-corrected chi connectivity index (χ1v) is 6.35. The zero-order chi connectivity index (χ0) is 13.8. The van der Waals surface area contributed by atoms with Crippen molar-refractivity contribution in [3.05, 3.63) is 34.1 Å². The summed E-state index contributed by atoms with van der Waals surface area (Å²) in [6.45, 7) is 0. The van der Waals surface area contributed by atoms with Gasteiger partial charge in [-0.15, -0.1) is 0 Å². The van der Waals surface area contributed by atoms with E-state index in [9.17, 15) is 14.5 Å². The summed E-state index contributed by atoms with van der Waals surface area (Å²) in [4.78, 5) is 9.95. The van der Waals surface area contributed by atoms with Crippen molar-refractivity contribution in [2.24, 2.45) is 0 Å². The number of hydrogen-bond acceptors (Lipinski definition) is 4. The van der Waals surface area contributed by atoms with Crippen LogP contribution in [0.1, 0.15) is 25.7 Å². The van der Waals surface area contributed by atoms with Crippen molar-refractivity contribution in [1.29, 1.82) is 0 Å². The van der Waals surface area contributed by atoms with E-state index in [-0.39, 0.29) is 17.8 Å². The number of nitrogens with one attached hydrogen (secondary N) is 1. The fraction of sp³-hybridized carbons (Fsp3) is 0.538. The number of non-ortho nitro benzene ring substituents is 1. The molecule has 1 aromatic carbocycles. The molecule has 19 heavy (non-hydrogen) atoms. The van der Waals surface area contributed by atoms with Crippen molar-refractivity contribution < 1.29 is 14.1 Å². The summed E-state index contributed by atoms with van der Waals surface area (Å²) in [5, 5.41) is 13.6. The molecule has 2 rings (SSSR count). The van der Waals surface area contributed by atoms with Gasteiger partial charge in [-0.05, 0) is 18.9 Å². The predicted octanol–water partition coefficient (Wildman–Crippen LogP) is 3.10. The smallest absolute Gasteiger partial charge is 0.272 e. The Morgan fingerprint density at radius 1 is 1.42 bits per heavy atom. The predicted molar refractivity (Wildman–Crippen MR) is 69.7 cm³/mol. The SMILES string of the molecule is COC1CCCCC1Nc1ccc([N+](=O)[O-])cc1F. The summed E-state index contributed by atoms with van der Waals surface area (Å²) in [5.74, 6) is -0.602. The van der Waals surface area contributed by atoms with E-state index in [1.165, 1.54) is 12.1 Å². The summed E-state index contributed by atoms with van der Waals surface area (Å²) in [5.41, 5.74) is 0.0505. The number of anilines is 1. The number of nitro benzene ring substituents is 1. The second-order valence-corrected chi connectivity index (χ2v) is 4.73. The van der Waals surface area contributed by atoms with Crippen molar-refractivity contribution in [1.82, 2.24) is 0 Å². The van der Waals surface area contributed by atoms with Crippen LogP contribution in [0.25, 0.3) is 0 Å². The minimum absolute atomic E-state index is 0.0507. The van der Waals surface area contributed by atoms with Gasteiger partial charge in [0.15, 0.2) is 5.82 Å². The molecule has 1 aliphatic carbocycles. The fourth-order valence-electron chi connectivity index (χ4n) is 2.48. The third kappa shape index (κ3) is 3.20. The first-order chi connectivity index (χ1) is 9.11. The van der Waals surface area contributed by atoms with E-state index in [0.29, 0.717) is 5.69 Å². The zero-order valence-corrected chi connectivity index (χ0v) is 10.8. The first-order valence-electron chi connectivity index (χ1n) is 6.35. The van der Waals surface area contributed by atoms with Crippen LogP contribution < -0.4 is 5.32 Å². The van der Waals surface area contributed by atoms with Gasteiger partial charge in [-0.25, -0.2) is 4.39 Å². The van der Waals surface area contributed by atoms with Gasteiger partial charge >= 0.3 is 0 Å². The number of nitro groups is 1. The van der Waals surface area contributed by atoms with Gasteiger partial charge in [0, 0.05) is 13.2 Å². The van der Waals surface area contributed by atoms with Crippen LogP contribution in [0, 0.1) is 15.9 Å². The number of rotatable bonds is 4. The first kappa shape index (κ1) is 13.7. The molecule has 1 N–H and O–H groups in total. The molecule has 0 saturated heterocycles. The zero-order valence-electron chi connectivity index (χ0n) is 10.8. The van der Waals surface area contributed by atoms with Crippen LogP contribution in [-0.4, -0.2) is 24.2 Å². The minimum Gasteiger partial charge on any atom is -0.379 e. The van der Waals surface area contributed by atoms with Crippen molar-refractivity contribution in [2.75, 3.05) is 12.4 Å². The Morgan fingerprint density at radius 3 is 2.79 bits per heavy atom. The van der Waals surface area contributed by atoms with Gasteiger partial charge in [0.25, 0.3) is 5.69 Å². The molecule has 6 heteroatoms. The fourth-order valence-corrected chi connectivity index (χ4v) is 2.48. The highest BCUT2D eigenvalue weighted by atomic mass is 19.1. The number of halogens is 1. The number of nitrogens with zero attached hydrogens (tertiary/aromatic N) is 1. The Balaban J connectivity index is 2.11. The second kappa shape index (κ2) is 5.97. The summed E-state index contributed by atoms with van der Waals surface area (Å²) < 4.78 is 19.2. The normalized spacial score (nSPS) is 23.1. The maximum Gasteiger partial charge on any atom is 0.272 e. The summed E-state index contributed by atoms with van der Waals surface area (Å²) in [6.07, 6.45) is 4.10. The van der Waals surface area contributed by atoms with Crippen LogP contribution in [-0.2, 0) is 4.74 Å². The largest absolute Gasteiger partial charge is 0.379 e. The van der Waals surface area contributed by atoms with E-state index in [0.717, 1.165) is 31.7 Å². The average molecular weight is 268 g/mol. The Kier molecular flexibility index (Phi) is 4.31. The highest BCUT2D eigenvalue weighted by Gasteiger charge is 2.25. The maximum atomic E-state index is 13.8. The van der Waals surface area contributed by atoms with Crippen LogP contribution in [0.5, 0.6) is 0 Å². The van der Waals surface area contributed by atoms with Crippen LogP contribution in [0.2, 0.25) is 0 Å². The summed E-state index contributed by atoms with van der Waals surface area (Å²) in [6, 6.07) is 3.70. The Hall–Kier alpha value is -1.69. The molecule has 0 radical (unpaired) electrons. The van der Waals surface area contributed by atoms with Crippen LogP contribution in [0.4, 0.5) is 15.8 Å². The molecule has 0 aromatic heterocycles. The molecule has 0 amide bonds. The van der Waals surface area contributed by atoms with E-state index >= 15 is 0 Å². The highest BCUT2D eigenvalue weighted by molar-refractivity contribution is 5.50. The Labute approximate surface area is 110 Å². The monoisotopic (exact) mass is 268 g/mol. The van der Waals surface area contributed by atoms with Gasteiger partial charge in [-0.2, -0.15) is 0 Å². The van der Waals surface area contributed by atoms with E-state index < -0.39 is 10.7 Å². The Bertz CT molecular complexity index is 467. The second-order valence-electron chi connectivity index (χ2n) is 4.73. The van der Waals surface area contributed by atoms with Crippen molar-refractivity contribution in [3.63, 3.8) is 0 Å². The molecule has 5 nitrogen and oxygen atoms in total. The molecule has 2 atom stereocenters. The van der Waals surface area contributed by atoms with Gasteiger partial charge in [0.05, 0.1) is 28.8 Å². The molecule has 1 fully saturated rings. The van der Waals surface area contributed by atoms with E-state index in [4.69, 9.17) is 4.74 Å². The number of hydrogen-bond donors (Lipinski definition) is 1. The quantitative estimate of drug-likeness (QED) is 0.673. The lowest BCUT2D eigenvalue weighted by Crippen LogP contribution is -2.38. The number of benzene rings is 1. The molecule has 1 saturated carbocycles. The lowest BCUT2D eigenvalue weighted by molar-refractivity contribution is -0.385. The molecule has 1 aromatic rings. The molecule has 104 valence electrons. The molecule has 0 spiro atoms. The van der Waals surface area contributed by atoms with Crippen LogP contribution >= 0.6 is 0 Å². The molecule has 0 aliphatic heterocycles. The van der Waals surface area contributed by atoms with Crippen LogP contribution in [0.15, 0.2) is 18.2 Å². The third-order valence-corrected chi connectivity index (χ3v) is 3.51. The lowest BCUT2D eigenvalue weighted by atomic mass is 9.92. The van der Waals surface area contributed by atoms with Crippen LogP contribution in [0.3, 0.4) is 0 Å². The van der Waals surface area contributed by atoms with Gasteiger partial charge < -0.3 is 10.1 Å². The van der Waals surface area contributed by atoms with Gasteiger partial charge in [0.1, 0.15) is 0 Å². The molecule has 2 unspecified atom stereocenters. The number of ether oxygens (including phenoxy) is 1. The number of methoxy groups -OCH3 is 1. The molecule has 0 bridgehead atoms. The van der Waals surface area contributed by atoms with E-state index in [1.807, 2.05) is 0 Å². The molecule has 1 aliphatic rings. The topological polar surface area (TPSA) is 64.4 Å². The third-order valence-electron chi connectivity index (χ3n) is 3.51. The lowest BCUT2D eigenvalue weighted by Gasteiger charge is -2.31. The van der Waals surface area contributed by atoms with E-state index in [1.54, 1.807) is 7.11 Å². The Morgan fingerprint density at radius 2 is 2.16 bits per heavy atom. The average Bonchev–Trinajstić information content (AvgIpc) is 2.41. The standard InChI is InChI=1S/C13H17FN2O3/c1-19-13-5-3-2-4-12(13)15-11-7-6-9(16(17)18)8-10(11)14/h6-8,12-13,15H,2-5H2,1H3. The van der Waals surface area contributed by atoms with Crippen molar-refractivity contribution in [3.8, 4) is 0 Å². The van der Waals surface area contributed by atoms with Crippen molar-refractivity contribution >= 4 is 11.4 Å². The molecular formula is C13H17FN2O3. The minimum atomic E-state index is -0.606. The molecule has 0 heterocycles.